The molecule has 5 heteroatoms. The van der Waals surface area contributed by atoms with Gasteiger partial charge in [0.15, 0.2) is 5.17 Å². The third-order valence-electron chi connectivity index (χ3n) is 3.74. The minimum atomic E-state index is -0.161. The summed E-state index contributed by atoms with van der Waals surface area (Å²) in [4.78, 5) is 18.9. The number of amides is 1. The summed E-state index contributed by atoms with van der Waals surface area (Å²) < 4.78 is 0. The minimum Gasteiger partial charge on any atom is -0.266 e. The van der Waals surface area contributed by atoms with Crippen molar-refractivity contribution in [2.45, 2.75) is 13.8 Å². The number of hydrogen-bond acceptors (Lipinski definition) is 3. The maximum absolute atomic E-state index is 12.9. The average molecular weight is 357 g/mol. The Morgan fingerprint density at radius 2 is 1.75 bits per heavy atom. The van der Waals surface area contributed by atoms with Crippen LogP contribution in [0, 0.1) is 13.8 Å². The smallest absolute Gasteiger partial charge is 0.266 e. The lowest BCUT2D eigenvalue weighted by atomic mass is 10.1. The summed E-state index contributed by atoms with van der Waals surface area (Å²) in [5.74, 6) is -0.161. The van der Waals surface area contributed by atoms with Crippen LogP contribution in [0.1, 0.15) is 16.7 Å². The summed E-state index contributed by atoms with van der Waals surface area (Å²) >= 11 is 7.77. The lowest BCUT2D eigenvalue weighted by molar-refractivity contribution is -0.113. The second kappa shape index (κ2) is 6.83. The van der Waals surface area contributed by atoms with Gasteiger partial charge in [-0.3, -0.25) is 9.69 Å². The Morgan fingerprint density at radius 1 is 1.08 bits per heavy atom. The Morgan fingerprint density at radius 3 is 2.38 bits per heavy atom. The molecule has 24 heavy (non-hydrogen) atoms. The van der Waals surface area contributed by atoms with Crippen LogP contribution >= 0.6 is 23.4 Å². The second-order valence-corrected chi connectivity index (χ2v) is 6.81. The van der Waals surface area contributed by atoms with E-state index in [2.05, 4.69) is 4.99 Å². The number of halogens is 1. The first kappa shape index (κ1) is 16.8. The molecule has 0 saturated heterocycles. The van der Waals surface area contributed by atoms with E-state index >= 15 is 0 Å². The molecule has 2 aromatic rings. The number of carbonyl (C=O) groups excluding carboxylic acids is 1. The van der Waals surface area contributed by atoms with Gasteiger partial charge in [0.05, 0.1) is 10.7 Å². The van der Waals surface area contributed by atoms with Gasteiger partial charge in [-0.25, -0.2) is 4.99 Å². The van der Waals surface area contributed by atoms with Crippen molar-refractivity contribution in [3.63, 3.8) is 0 Å². The summed E-state index contributed by atoms with van der Waals surface area (Å²) in [7, 11) is 0. The highest BCUT2D eigenvalue weighted by Crippen LogP contribution is 2.33. The summed E-state index contributed by atoms with van der Waals surface area (Å²) in [6.45, 7) is 4.00. The molecule has 1 amide bonds. The molecule has 1 aliphatic rings. The first-order valence-corrected chi connectivity index (χ1v) is 9.11. The van der Waals surface area contributed by atoms with Gasteiger partial charge in [-0.15, -0.1) is 0 Å². The molecule has 122 valence electrons. The van der Waals surface area contributed by atoms with E-state index in [1.165, 1.54) is 17.3 Å². The van der Waals surface area contributed by atoms with Crippen LogP contribution < -0.4 is 4.90 Å². The van der Waals surface area contributed by atoms with E-state index in [4.69, 9.17) is 11.6 Å². The van der Waals surface area contributed by atoms with Crippen molar-refractivity contribution in [1.82, 2.24) is 0 Å². The fraction of sp³-hybridized carbons (Fsp3) is 0.158. The predicted molar refractivity (Wildman–Crippen MR) is 104 cm³/mol. The highest BCUT2D eigenvalue weighted by Gasteiger charge is 2.32. The Bertz CT molecular complexity index is 856. The summed E-state index contributed by atoms with van der Waals surface area (Å²) in [5.41, 5.74) is 4.25. The van der Waals surface area contributed by atoms with Crippen molar-refractivity contribution in [2.75, 3.05) is 11.2 Å². The molecule has 0 atom stereocenters. The number of hydrogen-bond donors (Lipinski definition) is 0. The van der Waals surface area contributed by atoms with Crippen molar-refractivity contribution >= 4 is 46.2 Å². The van der Waals surface area contributed by atoms with Crippen LogP contribution in [0.15, 0.2) is 53.2 Å². The van der Waals surface area contributed by atoms with E-state index in [9.17, 15) is 4.79 Å². The lowest BCUT2D eigenvalue weighted by Crippen LogP contribution is -2.30. The Labute approximate surface area is 151 Å². The highest BCUT2D eigenvalue weighted by atomic mass is 35.5. The van der Waals surface area contributed by atoms with Crippen molar-refractivity contribution < 1.29 is 4.79 Å². The van der Waals surface area contributed by atoms with Crippen LogP contribution in [-0.2, 0) is 4.79 Å². The van der Waals surface area contributed by atoms with Gasteiger partial charge >= 0.3 is 0 Å². The molecule has 3 rings (SSSR count). The fourth-order valence-electron chi connectivity index (χ4n) is 2.46. The molecular formula is C19H17ClN2OS. The van der Waals surface area contributed by atoms with Crippen LogP contribution in [0.5, 0.6) is 0 Å². The van der Waals surface area contributed by atoms with Crippen molar-refractivity contribution in [3.05, 3.63) is 69.9 Å². The number of benzene rings is 2. The number of aryl methyl sites for hydroxylation is 2. The first-order chi connectivity index (χ1) is 11.5. The molecule has 3 nitrogen and oxygen atoms in total. The van der Waals surface area contributed by atoms with Gasteiger partial charge in [0.1, 0.15) is 5.70 Å². The minimum absolute atomic E-state index is 0.161. The van der Waals surface area contributed by atoms with Crippen LogP contribution in [-0.4, -0.2) is 17.3 Å². The van der Waals surface area contributed by atoms with E-state index in [0.29, 0.717) is 21.6 Å². The highest BCUT2D eigenvalue weighted by molar-refractivity contribution is 8.13. The zero-order valence-corrected chi connectivity index (χ0v) is 15.3. The number of carbonyl (C=O) groups is 1. The third-order valence-corrected chi connectivity index (χ3v) is 4.68. The number of amidine groups is 1. The monoisotopic (exact) mass is 356 g/mol. The zero-order valence-electron chi connectivity index (χ0n) is 13.7. The Hall–Kier alpha value is -2.04. The number of nitrogens with zero attached hydrogens (tertiary/aromatic N) is 2. The van der Waals surface area contributed by atoms with Crippen LogP contribution in [0.25, 0.3) is 6.08 Å². The molecule has 0 saturated carbocycles. The Kier molecular flexibility index (Phi) is 4.78. The maximum atomic E-state index is 12.9. The van der Waals surface area contributed by atoms with E-state index in [1.807, 2.05) is 62.6 Å². The van der Waals surface area contributed by atoms with E-state index in [1.54, 1.807) is 11.0 Å². The van der Waals surface area contributed by atoms with Gasteiger partial charge in [0.25, 0.3) is 5.91 Å². The van der Waals surface area contributed by atoms with E-state index in [0.717, 1.165) is 11.1 Å². The largest absolute Gasteiger partial charge is 0.283 e. The number of thioether (sulfide) groups is 1. The molecule has 0 N–H and O–H groups in total. The standard InChI is InChI=1S/C19H17ClN2OS/c1-12-4-7-14(8-5-12)11-16-18(23)22(19(21-16)24-3)17-9-6-13(2)10-15(17)20/h4-11H,1-3H3/b16-11+. The van der Waals surface area contributed by atoms with Crippen molar-refractivity contribution in [3.8, 4) is 0 Å². The number of anilines is 1. The molecule has 0 bridgehead atoms. The molecule has 0 spiro atoms. The molecular weight excluding hydrogens is 340 g/mol. The molecule has 0 radical (unpaired) electrons. The van der Waals surface area contributed by atoms with Gasteiger partial charge in [-0.2, -0.15) is 0 Å². The number of aliphatic imine (C=N–C) groups is 1. The first-order valence-electron chi connectivity index (χ1n) is 7.51. The quantitative estimate of drug-likeness (QED) is 0.704. The normalized spacial score (nSPS) is 16.0. The molecule has 0 fully saturated rings. The van der Waals surface area contributed by atoms with Gasteiger partial charge < -0.3 is 0 Å². The topological polar surface area (TPSA) is 32.7 Å². The number of rotatable bonds is 2. The van der Waals surface area contributed by atoms with Crippen molar-refractivity contribution in [1.29, 1.82) is 0 Å². The molecule has 0 aromatic heterocycles. The lowest BCUT2D eigenvalue weighted by Gasteiger charge is -2.18. The summed E-state index contributed by atoms with van der Waals surface area (Å²) in [6, 6.07) is 13.6. The fourth-order valence-corrected chi connectivity index (χ4v) is 3.33. The van der Waals surface area contributed by atoms with Gasteiger partial charge in [-0.1, -0.05) is 59.3 Å². The SMILES string of the molecule is CSC1=N/C(=C/c2ccc(C)cc2)C(=O)N1c1ccc(C)cc1Cl. The predicted octanol–water partition coefficient (Wildman–Crippen LogP) is 5.06. The van der Waals surface area contributed by atoms with E-state index < -0.39 is 0 Å². The molecule has 2 aromatic carbocycles. The maximum Gasteiger partial charge on any atom is 0.283 e. The Balaban J connectivity index is 2.00. The zero-order chi connectivity index (χ0) is 17.3. The van der Waals surface area contributed by atoms with Gasteiger partial charge in [0, 0.05) is 0 Å². The second-order valence-electron chi connectivity index (χ2n) is 5.63. The average Bonchev–Trinajstić information content (AvgIpc) is 2.86. The van der Waals surface area contributed by atoms with Gasteiger partial charge in [-0.05, 0) is 49.4 Å². The van der Waals surface area contributed by atoms with Gasteiger partial charge in [0.2, 0.25) is 0 Å². The van der Waals surface area contributed by atoms with Crippen LogP contribution in [0.2, 0.25) is 5.02 Å². The van der Waals surface area contributed by atoms with Crippen LogP contribution in [0.4, 0.5) is 5.69 Å². The molecule has 1 aliphatic heterocycles. The summed E-state index contributed by atoms with van der Waals surface area (Å²) in [5, 5.41) is 1.17. The molecule has 1 heterocycles. The third kappa shape index (κ3) is 3.25. The summed E-state index contributed by atoms with van der Waals surface area (Å²) in [6.07, 6.45) is 3.70. The molecule has 0 unspecified atom stereocenters. The van der Waals surface area contributed by atoms with Crippen LogP contribution in [0.3, 0.4) is 0 Å². The van der Waals surface area contributed by atoms with E-state index in [-0.39, 0.29) is 5.91 Å². The van der Waals surface area contributed by atoms with Crippen molar-refractivity contribution in [2.24, 2.45) is 4.99 Å². The molecule has 0 aliphatic carbocycles.